The van der Waals surface area contributed by atoms with Crippen molar-refractivity contribution in [1.82, 2.24) is 15.2 Å². The quantitative estimate of drug-likeness (QED) is 0.0915. The number of alkyl halides is 4. The van der Waals surface area contributed by atoms with Crippen LogP contribution < -0.4 is 10.1 Å². The molecule has 1 aliphatic rings. The van der Waals surface area contributed by atoms with Gasteiger partial charge in [-0.1, -0.05) is 100 Å². The molecule has 0 spiro atoms. The molecule has 2 heterocycles. The van der Waals surface area contributed by atoms with Gasteiger partial charge in [0.05, 0.1) is 32.0 Å². The number of rotatable bonds is 13. The van der Waals surface area contributed by atoms with Gasteiger partial charge in [0.2, 0.25) is 0 Å². The van der Waals surface area contributed by atoms with Crippen LogP contribution in [-0.4, -0.2) is 47.3 Å². The predicted octanol–water partition coefficient (Wildman–Crippen LogP) is 10.9. The molecule has 0 amide bonds. The maximum Gasteiger partial charge on any atom is 0.475 e. The lowest BCUT2D eigenvalue weighted by molar-refractivity contribution is -0.153. The Bertz CT molecular complexity index is 1920. The van der Waals surface area contributed by atoms with E-state index < -0.39 is 32.1 Å². The van der Waals surface area contributed by atoms with Crippen LogP contribution in [0.3, 0.4) is 0 Å². The molecule has 15 heteroatoms. The smallest absolute Gasteiger partial charge is 0.475 e. The first-order chi connectivity index (χ1) is 25.7. The lowest BCUT2D eigenvalue weighted by Gasteiger charge is -2.36. The highest BCUT2D eigenvalue weighted by atomic mass is 31.2. The monoisotopic (exact) mass is 774 g/mol. The minimum Gasteiger partial charge on any atom is -0.484 e. The largest absolute Gasteiger partial charge is 0.484 e. The summed E-state index contributed by atoms with van der Waals surface area (Å²) < 4.78 is 90.2. The Kier molecular flexibility index (Phi) is 14.8. The third-order valence-electron chi connectivity index (χ3n) is 8.11. The van der Waals surface area contributed by atoms with Gasteiger partial charge in [0.15, 0.2) is 6.61 Å². The number of pyridine rings is 1. The zero-order valence-electron chi connectivity index (χ0n) is 31.4. The van der Waals surface area contributed by atoms with Gasteiger partial charge in [-0.2, -0.15) is 13.2 Å². The molecule has 0 atom stereocenters. The van der Waals surface area contributed by atoms with E-state index in [0.717, 1.165) is 16.7 Å². The van der Waals surface area contributed by atoms with Gasteiger partial charge in [-0.25, -0.2) is 9.55 Å². The van der Waals surface area contributed by atoms with E-state index >= 15 is 0 Å². The number of aromatic nitrogens is 3. The molecule has 1 saturated carbocycles. The maximum absolute atomic E-state index is 13.7. The predicted molar refractivity (Wildman–Crippen MR) is 200 cm³/mol. The molecule has 0 unspecified atom stereocenters. The molecular formula is C39H47F4N4O6P. The number of benzene rings is 3. The number of hydrogen-bond donors (Lipinski definition) is 1. The summed E-state index contributed by atoms with van der Waals surface area (Å²) in [6.45, 7) is 10.4. The van der Waals surface area contributed by atoms with Crippen LogP contribution in [0.5, 0.6) is 5.75 Å². The van der Waals surface area contributed by atoms with Crippen LogP contribution >= 0.6 is 7.82 Å². The summed E-state index contributed by atoms with van der Waals surface area (Å²) in [5.74, 6) is 0.293. The van der Waals surface area contributed by atoms with Gasteiger partial charge in [-0.3, -0.25) is 18.0 Å². The van der Waals surface area contributed by atoms with Crippen LogP contribution in [0.4, 0.5) is 23.6 Å². The van der Waals surface area contributed by atoms with Crippen LogP contribution in [-0.2, 0) is 36.8 Å². The van der Waals surface area contributed by atoms with E-state index in [4.69, 9.17) is 27.7 Å². The highest BCUT2D eigenvalue weighted by molar-refractivity contribution is 7.48. The Morgan fingerprint density at radius 3 is 1.98 bits per heavy atom. The van der Waals surface area contributed by atoms with Crippen LogP contribution in [0.1, 0.15) is 69.7 Å². The summed E-state index contributed by atoms with van der Waals surface area (Å²) in [5, 5.41) is 12.2. The number of anilines is 1. The number of halogens is 4. The summed E-state index contributed by atoms with van der Waals surface area (Å²) >= 11 is 0. The third kappa shape index (κ3) is 11.8. The van der Waals surface area contributed by atoms with Crippen molar-refractivity contribution in [3.8, 4) is 17.3 Å². The molecule has 292 valence electrons. The molecule has 10 nitrogen and oxygen atoms in total. The number of nitrogens with one attached hydrogen (secondary N) is 1. The molecule has 1 N–H and O–H groups in total. The second-order valence-electron chi connectivity index (χ2n) is 13.3. The number of nitrogens with zero attached hydrogens (tertiary/aromatic N) is 3. The van der Waals surface area contributed by atoms with Crippen molar-refractivity contribution in [3.05, 3.63) is 101 Å². The number of aryl methyl sites for hydroxylation is 1. The van der Waals surface area contributed by atoms with Gasteiger partial charge >= 0.3 is 20.0 Å². The Balaban J connectivity index is 0.00000157. The summed E-state index contributed by atoms with van der Waals surface area (Å²) in [5.41, 5.74) is 3.72. The number of ether oxygens (including phenoxy) is 1. The molecule has 0 aliphatic heterocycles. The highest BCUT2D eigenvalue weighted by Crippen LogP contribution is 2.54. The molecule has 0 saturated heterocycles. The minimum atomic E-state index is -4.46. The van der Waals surface area contributed by atoms with E-state index in [1.807, 2.05) is 102 Å². The minimum absolute atomic E-state index is 0.0681. The van der Waals surface area contributed by atoms with Gasteiger partial charge in [-0.15, -0.1) is 5.10 Å². The fourth-order valence-electron chi connectivity index (χ4n) is 5.46. The van der Waals surface area contributed by atoms with Crippen LogP contribution in [0.2, 0.25) is 0 Å². The van der Waals surface area contributed by atoms with E-state index in [-0.39, 0.29) is 36.9 Å². The van der Waals surface area contributed by atoms with Gasteiger partial charge < -0.3 is 14.5 Å². The summed E-state index contributed by atoms with van der Waals surface area (Å²) in [4.78, 5) is 4.80. The zero-order chi connectivity index (χ0) is 39.5. The van der Waals surface area contributed by atoms with Gasteiger partial charge in [0.25, 0.3) is 5.89 Å². The molecule has 0 radical (unpaired) electrons. The summed E-state index contributed by atoms with van der Waals surface area (Å²) in [6.07, 6.45) is -3.86. The second-order valence-corrected chi connectivity index (χ2v) is 14.9. The fourth-order valence-corrected chi connectivity index (χ4v) is 6.81. The number of hydrogen-bond acceptors (Lipinski definition) is 10. The van der Waals surface area contributed by atoms with E-state index in [2.05, 4.69) is 15.5 Å². The first-order valence-electron chi connectivity index (χ1n) is 17.5. The molecule has 54 heavy (non-hydrogen) atoms. The van der Waals surface area contributed by atoms with Crippen molar-refractivity contribution in [3.63, 3.8) is 0 Å². The van der Waals surface area contributed by atoms with Crippen molar-refractivity contribution in [1.29, 1.82) is 0 Å². The fraction of sp³-hybridized carbons (Fsp3) is 0.410. The molecule has 1 aliphatic carbocycles. The number of phosphoric ester groups is 1. The first kappa shape index (κ1) is 42.4. The SMILES string of the molecule is CC.CF.Cc1cc(-c2nnc(NC3CC(OP(=O)(OCc4ccccc4)OCc4ccccc4)C3)o2)nc2c(C(C)(C)C)cc(OCC(F)(F)F)cc12. The third-order valence-corrected chi connectivity index (χ3v) is 9.56. The first-order valence-corrected chi connectivity index (χ1v) is 19.0. The van der Waals surface area contributed by atoms with E-state index in [1.165, 1.54) is 0 Å². The zero-order valence-corrected chi connectivity index (χ0v) is 32.3. The molecular weight excluding hydrogens is 727 g/mol. The Labute approximate surface area is 313 Å². The van der Waals surface area contributed by atoms with Gasteiger partial charge in [-0.05, 0) is 65.6 Å². The molecule has 2 aromatic heterocycles. The molecule has 0 bridgehead atoms. The Morgan fingerprint density at radius 1 is 0.870 bits per heavy atom. The van der Waals surface area contributed by atoms with E-state index in [1.54, 1.807) is 18.2 Å². The lowest BCUT2D eigenvalue weighted by Crippen LogP contribution is -2.40. The van der Waals surface area contributed by atoms with Gasteiger partial charge in [0.1, 0.15) is 11.4 Å². The Hall–Kier alpha value is -4.36. The summed E-state index contributed by atoms with van der Waals surface area (Å²) in [7, 11) is -3.42. The average Bonchev–Trinajstić information content (AvgIpc) is 3.62. The van der Waals surface area contributed by atoms with Crippen molar-refractivity contribution in [2.24, 2.45) is 0 Å². The molecule has 1 fully saturated rings. The maximum atomic E-state index is 13.7. The van der Waals surface area contributed by atoms with Crippen molar-refractivity contribution >= 4 is 24.7 Å². The second kappa shape index (κ2) is 18.8. The molecule has 6 rings (SSSR count). The van der Waals surface area contributed by atoms with E-state index in [0.29, 0.717) is 42.2 Å². The van der Waals surface area contributed by atoms with Gasteiger partial charge in [0, 0.05) is 11.4 Å². The number of fused-ring (bicyclic) bond motifs is 1. The van der Waals surface area contributed by atoms with Crippen molar-refractivity contribution in [2.45, 2.75) is 91.3 Å². The Morgan fingerprint density at radius 2 is 1.44 bits per heavy atom. The van der Waals surface area contributed by atoms with Crippen molar-refractivity contribution < 1.29 is 44.9 Å². The van der Waals surface area contributed by atoms with E-state index in [9.17, 15) is 22.1 Å². The normalized spacial score (nSPS) is 15.7. The molecule has 5 aromatic rings. The standard InChI is InChI=1S/C36H38F3N4O6P.C2H6.CH3F/c1-23-15-31(41-32-29(23)18-27(45-22-36(37,38)39)19-30(32)35(2,3)4)33-42-43-34(48-33)40-26-16-28(17-26)49-50(44,46-20-24-11-7-5-8-12-24)47-21-25-13-9-6-10-14-25;2*1-2/h5-15,18-19,26,28H,16-17,20-22H2,1-4H3,(H,40,43);1-2H3;1H3. The highest BCUT2D eigenvalue weighted by Gasteiger charge is 2.39. The van der Waals surface area contributed by atoms with Crippen LogP contribution in [0, 0.1) is 6.92 Å². The van der Waals surface area contributed by atoms with Crippen molar-refractivity contribution in [2.75, 3.05) is 19.1 Å². The van der Waals surface area contributed by atoms with Crippen LogP contribution in [0.15, 0.2) is 83.3 Å². The topological polar surface area (TPSA) is 118 Å². The lowest BCUT2D eigenvalue weighted by atomic mass is 9.84. The average molecular weight is 775 g/mol. The number of phosphoric acid groups is 1. The van der Waals surface area contributed by atoms with Crippen LogP contribution in [0.25, 0.3) is 22.5 Å². The molecule has 3 aromatic carbocycles. The summed E-state index contributed by atoms with van der Waals surface area (Å²) in [6, 6.07) is 23.7.